The Morgan fingerprint density at radius 1 is 1.39 bits per heavy atom. The summed E-state index contributed by atoms with van der Waals surface area (Å²) in [7, 11) is 1.28. The van der Waals surface area contributed by atoms with Gasteiger partial charge in [0.25, 0.3) is 5.91 Å². The third-order valence-electron chi connectivity index (χ3n) is 3.95. The minimum absolute atomic E-state index is 0.0332. The van der Waals surface area contributed by atoms with E-state index >= 15 is 0 Å². The monoisotopic (exact) mass is 475 g/mol. The first-order valence-corrected chi connectivity index (χ1v) is 10.3. The fourth-order valence-corrected chi connectivity index (χ4v) is 3.32. The van der Waals surface area contributed by atoms with Gasteiger partial charge in [0.05, 0.1) is 19.4 Å². The van der Waals surface area contributed by atoms with Gasteiger partial charge < -0.3 is 24.3 Å². The first-order chi connectivity index (χ1) is 15.8. The Hall–Kier alpha value is -4.04. The fraction of sp³-hybridized carbons (Fsp3) is 0.263. The number of aliphatic hydroxyl groups excluding tert-OH is 1. The average molecular weight is 475 g/mol. The van der Waals surface area contributed by atoms with Crippen molar-refractivity contribution in [3.8, 4) is 10.9 Å². The number of methoxy groups -OCH3 is 1. The summed E-state index contributed by atoms with van der Waals surface area (Å²) in [6, 6.07) is 3.09. The fourth-order valence-electron chi connectivity index (χ4n) is 2.57. The van der Waals surface area contributed by atoms with Gasteiger partial charge in [-0.2, -0.15) is 5.10 Å². The van der Waals surface area contributed by atoms with Crippen molar-refractivity contribution < 1.29 is 23.8 Å². The maximum atomic E-state index is 12.7. The zero-order valence-electron chi connectivity index (χ0n) is 18.0. The summed E-state index contributed by atoms with van der Waals surface area (Å²) < 4.78 is 16.8. The number of aryl methyl sites for hydroxylation is 1. The Bertz CT molecular complexity index is 1250. The van der Waals surface area contributed by atoms with Gasteiger partial charge in [0, 0.05) is 18.0 Å². The minimum atomic E-state index is -0.874. The number of aliphatic imine (C=N–C) groups is 1. The van der Waals surface area contributed by atoms with E-state index in [2.05, 4.69) is 37.5 Å². The average Bonchev–Trinajstić information content (AvgIpc) is 3.40. The highest BCUT2D eigenvalue weighted by atomic mass is 32.1. The molecular formula is C19H21N7O6S. The molecule has 3 heterocycles. The van der Waals surface area contributed by atoms with Crippen LogP contribution in [0.25, 0.3) is 5.13 Å². The van der Waals surface area contributed by atoms with Crippen LogP contribution in [0.4, 0.5) is 10.8 Å². The molecule has 3 rings (SSSR count). The predicted octanol–water partition coefficient (Wildman–Crippen LogP) is 1.56. The third kappa shape index (κ3) is 5.81. The molecule has 33 heavy (non-hydrogen) atoms. The molecule has 1 amide bonds. The molecule has 0 fully saturated rings. The second kappa shape index (κ2) is 10.5. The molecule has 0 bridgehead atoms. The number of rotatable bonds is 9. The highest BCUT2D eigenvalue weighted by Gasteiger charge is 2.19. The van der Waals surface area contributed by atoms with Crippen molar-refractivity contribution in [2.75, 3.05) is 31.0 Å². The van der Waals surface area contributed by atoms with Gasteiger partial charge in [-0.15, -0.1) is 10.2 Å². The van der Waals surface area contributed by atoms with Gasteiger partial charge in [0.15, 0.2) is 5.76 Å². The Morgan fingerprint density at radius 2 is 2.18 bits per heavy atom. The number of carbonyl (C=O) groups excluding carboxylic acids is 1. The molecule has 14 heteroatoms. The van der Waals surface area contributed by atoms with Crippen LogP contribution in [-0.2, 0) is 4.74 Å². The predicted molar refractivity (Wildman–Crippen MR) is 120 cm³/mol. The van der Waals surface area contributed by atoms with Gasteiger partial charge in [0.2, 0.25) is 21.9 Å². The molecular weight excluding hydrogens is 454 g/mol. The molecule has 3 aromatic heterocycles. The molecule has 174 valence electrons. The molecule has 13 nitrogen and oxygen atoms in total. The van der Waals surface area contributed by atoms with E-state index in [-0.39, 0.29) is 47.3 Å². The van der Waals surface area contributed by atoms with Crippen LogP contribution in [0.2, 0.25) is 0 Å². The van der Waals surface area contributed by atoms with Crippen LogP contribution in [0.15, 0.2) is 45.0 Å². The highest BCUT2D eigenvalue weighted by molar-refractivity contribution is 7.17. The smallest absolute Gasteiger partial charge is 0.381 e. The summed E-state index contributed by atoms with van der Waals surface area (Å²) in [4.78, 5) is 29.1. The van der Waals surface area contributed by atoms with Crippen LogP contribution in [0, 0.1) is 6.92 Å². The van der Waals surface area contributed by atoms with E-state index < -0.39 is 11.5 Å². The van der Waals surface area contributed by atoms with E-state index in [0.717, 1.165) is 17.0 Å². The number of amides is 1. The van der Waals surface area contributed by atoms with Crippen molar-refractivity contribution in [3.63, 3.8) is 0 Å². The summed E-state index contributed by atoms with van der Waals surface area (Å²) >= 11 is 1.09. The van der Waals surface area contributed by atoms with E-state index in [1.165, 1.54) is 13.2 Å². The van der Waals surface area contributed by atoms with Crippen molar-refractivity contribution in [1.29, 1.82) is 0 Å². The number of anilines is 2. The van der Waals surface area contributed by atoms with Crippen molar-refractivity contribution in [2.45, 2.75) is 13.8 Å². The van der Waals surface area contributed by atoms with Crippen molar-refractivity contribution >= 4 is 33.9 Å². The van der Waals surface area contributed by atoms with Crippen molar-refractivity contribution in [2.24, 2.45) is 4.99 Å². The summed E-state index contributed by atoms with van der Waals surface area (Å²) in [5.41, 5.74) is 0.114. The van der Waals surface area contributed by atoms with Gasteiger partial charge in [0.1, 0.15) is 12.4 Å². The number of amidine groups is 1. The van der Waals surface area contributed by atoms with Crippen LogP contribution in [0.5, 0.6) is 5.75 Å². The number of carbonyl (C=O) groups is 1. The molecule has 3 aromatic rings. The van der Waals surface area contributed by atoms with Gasteiger partial charge in [-0.05, 0) is 26.5 Å². The van der Waals surface area contributed by atoms with Gasteiger partial charge in [-0.1, -0.05) is 11.3 Å². The summed E-state index contributed by atoms with van der Waals surface area (Å²) in [5, 5.41) is 26.9. The maximum Gasteiger partial charge on any atom is 0.381 e. The third-order valence-corrected chi connectivity index (χ3v) is 4.77. The number of nitrogens with one attached hydrogen (secondary N) is 2. The minimum Gasteiger partial charge on any atom is -0.488 e. The van der Waals surface area contributed by atoms with Crippen molar-refractivity contribution in [1.82, 2.24) is 20.0 Å². The standard InChI is InChI=1S/C19H21N7O6S/c1-10-5-6-20-26(10)19-25-24-18(33-19)23-16(28)14-9-13(15(30-4)17(29)32-14)22-11(2)21-12(3)31-8-7-27/h5-6,9,27H,3,7-8H2,1-2,4H3,(H,21,22)(H,23,24,28). The zero-order valence-corrected chi connectivity index (χ0v) is 18.8. The number of aromatic nitrogens is 4. The molecule has 0 aromatic carbocycles. The first-order valence-electron chi connectivity index (χ1n) is 9.45. The Kier molecular flexibility index (Phi) is 7.53. The van der Waals surface area contributed by atoms with Crippen LogP contribution in [0.1, 0.15) is 23.2 Å². The molecule has 0 saturated heterocycles. The lowest BCUT2D eigenvalue weighted by Crippen LogP contribution is -2.18. The molecule has 0 unspecified atom stereocenters. The van der Waals surface area contributed by atoms with E-state index in [4.69, 9.17) is 19.0 Å². The number of nitrogens with zero attached hydrogens (tertiary/aromatic N) is 5. The van der Waals surface area contributed by atoms with Gasteiger partial charge in [-0.3, -0.25) is 10.1 Å². The SMILES string of the molecule is C=C(/N=C(\C)Nc1cc(C(=O)Nc2nnc(-n3nccc3C)s2)oc(=O)c1OC)OCCO. The molecule has 0 aliphatic heterocycles. The normalized spacial score (nSPS) is 11.2. The highest BCUT2D eigenvalue weighted by Crippen LogP contribution is 2.24. The lowest BCUT2D eigenvalue weighted by molar-refractivity contribution is 0.0991. The van der Waals surface area contributed by atoms with E-state index in [9.17, 15) is 9.59 Å². The number of ether oxygens (including phenoxy) is 2. The second-order valence-corrected chi connectivity index (χ2v) is 7.32. The van der Waals surface area contributed by atoms with Crippen molar-refractivity contribution in [3.05, 3.63) is 52.7 Å². The molecule has 0 radical (unpaired) electrons. The molecule has 0 aliphatic carbocycles. The topological polar surface area (TPSA) is 166 Å². The maximum absolute atomic E-state index is 12.7. The Labute approximate surface area is 191 Å². The summed E-state index contributed by atoms with van der Waals surface area (Å²) in [6.45, 7) is 6.88. The zero-order chi connectivity index (χ0) is 24.0. The number of aliphatic hydroxyl groups is 1. The second-order valence-electron chi connectivity index (χ2n) is 6.36. The Morgan fingerprint density at radius 3 is 2.85 bits per heavy atom. The lowest BCUT2D eigenvalue weighted by atomic mass is 10.3. The molecule has 0 atom stereocenters. The van der Waals surface area contributed by atoms with Crippen LogP contribution >= 0.6 is 11.3 Å². The summed E-state index contributed by atoms with van der Waals surface area (Å²) in [5.74, 6) is -0.832. The van der Waals surface area contributed by atoms with Crippen LogP contribution in [-0.4, -0.2) is 57.2 Å². The first kappa shape index (κ1) is 23.6. The molecule has 3 N–H and O–H groups in total. The Balaban J connectivity index is 1.80. The summed E-state index contributed by atoms with van der Waals surface area (Å²) in [6.07, 6.45) is 1.62. The van der Waals surface area contributed by atoms with Crippen LogP contribution in [0.3, 0.4) is 0 Å². The molecule has 0 aliphatic rings. The lowest BCUT2D eigenvalue weighted by Gasteiger charge is -2.11. The van der Waals surface area contributed by atoms with Gasteiger partial charge >= 0.3 is 5.63 Å². The molecule has 0 spiro atoms. The van der Waals surface area contributed by atoms with E-state index in [0.29, 0.717) is 5.13 Å². The van der Waals surface area contributed by atoms with E-state index in [1.54, 1.807) is 23.9 Å². The van der Waals surface area contributed by atoms with E-state index in [1.807, 2.05) is 6.92 Å². The quantitative estimate of drug-likeness (QED) is 0.235. The molecule has 0 saturated carbocycles. The van der Waals surface area contributed by atoms with Gasteiger partial charge in [-0.25, -0.2) is 14.5 Å². The van der Waals surface area contributed by atoms with Crippen LogP contribution < -0.4 is 21.0 Å². The largest absolute Gasteiger partial charge is 0.488 e. The number of hydrogen-bond donors (Lipinski definition) is 3. The number of hydrogen-bond acceptors (Lipinski definition) is 11.